The van der Waals surface area contributed by atoms with Crippen molar-refractivity contribution in [2.45, 2.75) is 20.4 Å². The first-order valence-electron chi connectivity index (χ1n) is 5.39. The van der Waals surface area contributed by atoms with Crippen LogP contribution in [-0.2, 0) is 11.3 Å². The van der Waals surface area contributed by atoms with Crippen LogP contribution >= 0.6 is 0 Å². The van der Waals surface area contributed by atoms with Gasteiger partial charge in [0.15, 0.2) is 0 Å². The van der Waals surface area contributed by atoms with E-state index in [1.54, 1.807) is 6.08 Å². The van der Waals surface area contributed by atoms with Gasteiger partial charge in [-0.3, -0.25) is 4.79 Å². The summed E-state index contributed by atoms with van der Waals surface area (Å²) in [5.74, 6) is 0.0695. The highest BCUT2D eigenvalue weighted by Crippen LogP contribution is 2.00. The fraction of sp³-hybridized carbons (Fsp3) is 0.308. The number of allylic oxidation sites excluding steroid dienone is 1. The highest BCUT2D eigenvalue weighted by atomic mass is 16.1. The number of nitrogens with two attached hydrogens (primary N) is 1. The Balaban J connectivity index is 2.48. The maximum absolute atomic E-state index is 11.5. The van der Waals surface area contributed by atoms with E-state index in [9.17, 15) is 4.79 Å². The van der Waals surface area contributed by atoms with Crippen molar-refractivity contribution >= 4 is 5.91 Å². The van der Waals surface area contributed by atoms with Gasteiger partial charge >= 0.3 is 0 Å². The quantitative estimate of drug-likeness (QED) is 0.757. The summed E-state index contributed by atoms with van der Waals surface area (Å²) in [5, 5.41) is 2.77. The lowest BCUT2D eigenvalue weighted by Crippen LogP contribution is -2.28. The smallest absolute Gasteiger partial charge is 0.267 e. The van der Waals surface area contributed by atoms with Crippen LogP contribution in [0.1, 0.15) is 19.4 Å². The molecule has 0 aliphatic carbocycles. The molecule has 0 fully saturated rings. The average molecular weight is 218 g/mol. The van der Waals surface area contributed by atoms with E-state index in [2.05, 4.69) is 5.32 Å². The summed E-state index contributed by atoms with van der Waals surface area (Å²) < 4.78 is 0. The lowest BCUT2D eigenvalue weighted by molar-refractivity contribution is -0.117. The minimum atomic E-state index is -0.211. The molecule has 1 amide bonds. The maximum atomic E-state index is 11.5. The van der Waals surface area contributed by atoms with Gasteiger partial charge < -0.3 is 11.1 Å². The van der Waals surface area contributed by atoms with E-state index in [0.717, 1.165) is 5.56 Å². The summed E-state index contributed by atoms with van der Waals surface area (Å²) in [5.41, 5.74) is 6.98. The molecule has 0 saturated carbocycles. The zero-order valence-corrected chi connectivity index (χ0v) is 9.73. The molecule has 0 heterocycles. The molecule has 0 saturated heterocycles. The fourth-order valence-corrected chi connectivity index (χ4v) is 1.32. The van der Waals surface area contributed by atoms with E-state index >= 15 is 0 Å². The number of rotatable bonds is 4. The minimum Gasteiger partial charge on any atom is -0.395 e. The summed E-state index contributed by atoms with van der Waals surface area (Å²) in [6, 6.07) is 9.74. The predicted octanol–water partition coefficient (Wildman–Crippen LogP) is 1.80. The summed E-state index contributed by atoms with van der Waals surface area (Å²) in [4.78, 5) is 11.5. The molecule has 3 N–H and O–H groups in total. The first-order valence-corrected chi connectivity index (χ1v) is 5.39. The van der Waals surface area contributed by atoms with E-state index in [1.807, 2.05) is 44.2 Å². The monoisotopic (exact) mass is 218 g/mol. The van der Waals surface area contributed by atoms with Gasteiger partial charge in [0, 0.05) is 6.54 Å². The van der Waals surface area contributed by atoms with Crippen molar-refractivity contribution in [1.29, 1.82) is 0 Å². The zero-order chi connectivity index (χ0) is 12.0. The second-order valence-electron chi connectivity index (χ2n) is 4.03. The summed E-state index contributed by atoms with van der Waals surface area (Å²) in [7, 11) is 0. The third-order valence-electron chi connectivity index (χ3n) is 2.07. The molecule has 1 aromatic rings. The lowest BCUT2D eigenvalue weighted by Gasteiger charge is -2.06. The molecule has 0 spiro atoms. The molecule has 0 bridgehead atoms. The molecule has 16 heavy (non-hydrogen) atoms. The Kier molecular flexibility index (Phi) is 4.58. The van der Waals surface area contributed by atoms with Crippen LogP contribution in [0.15, 0.2) is 42.1 Å². The number of amides is 1. The summed E-state index contributed by atoms with van der Waals surface area (Å²) >= 11 is 0. The number of carbonyl (C=O) groups is 1. The van der Waals surface area contributed by atoms with Crippen molar-refractivity contribution in [2.75, 3.05) is 0 Å². The van der Waals surface area contributed by atoms with Gasteiger partial charge in [0.25, 0.3) is 5.91 Å². The molecule has 86 valence electrons. The van der Waals surface area contributed by atoms with Gasteiger partial charge in [-0.25, -0.2) is 0 Å². The predicted molar refractivity (Wildman–Crippen MR) is 65.4 cm³/mol. The zero-order valence-electron chi connectivity index (χ0n) is 9.73. The Bertz CT molecular complexity index is 369. The SMILES string of the molecule is CC(C)/C=C(\N)C(=O)NCc1ccccc1. The van der Waals surface area contributed by atoms with E-state index in [4.69, 9.17) is 5.73 Å². The molecule has 1 aromatic carbocycles. The number of nitrogens with one attached hydrogen (secondary N) is 1. The third-order valence-corrected chi connectivity index (χ3v) is 2.07. The van der Waals surface area contributed by atoms with Crippen molar-refractivity contribution in [3.8, 4) is 0 Å². The lowest BCUT2D eigenvalue weighted by atomic mass is 10.2. The van der Waals surface area contributed by atoms with Crippen LogP contribution in [0.25, 0.3) is 0 Å². The van der Waals surface area contributed by atoms with Crippen LogP contribution < -0.4 is 11.1 Å². The first-order chi connectivity index (χ1) is 7.59. The highest BCUT2D eigenvalue weighted by molar-refractivity contribution is 5.92. The highest BCUT2D eigenvalue weighted by Gasteiger charge is 2.04. The largest absolute Gasteiger partial charge is 0.395 e. The molecule has 0 unspecified atom stereocenters. The van der Waals surface area contributed by atoms with Gasteiger partial charge in [0.1, 0.15) is 0 Å². The molecule has 0 aliphatic rings. The molecule has 3 nitrogen and oxygen atoms in total. The maximum Gasteiger partial charge on any atom is 0.267 e. The van der Waals surface area contributed by atoms with Gasteiger partial charge in [-0.1, -0.05) is 50.3 Å². The van der Waals surface area contributed by atoms with Crippen molar-refractivity contribution < 1.29 is 4.79 Å². The molecule has 3 heteroatoms. The first kappa shape index (κ1) is 12.3. The molecule has 0 aromatic heterocycles. The summed E-state index contributed by atoms with van der Waals surface area (Å²) in [6.07, 6.45) is 1.75. The molecular formula is C13H18N2O. The number of hydrogen-bond donors (Lipinski definition) is 2. The van der Waals surface area contributed by atoms with Crippen LogP contribution in [0, 0.1) is 5.92 Å². The van der Waals surface area contributed by atoms with Crippen molar-refractivity contribution in [1.82, 2.24) is 5.32 Å². The Morgan fingerprint density at radius 1 is 1.38 bits per heavy atom. The van der Waals surface area contributed by atoms with Crippen LogP contribution in [0.5, 0.6) is 0 Å². The molecular weight excluding hydrogens is 200 g/mol. The summed E-state index contributed by atoms with van der Waals surface area (Å²) in [6.45, 7) is 4.47. The minimum absolute atomic E-state index is 0.211. The van der Waals surface area contributed by atoms with Gasteiger partial charge in [-0.05, 0) is 11.5 Å². The van der Waals surface area contributed by atoms with Crippen molar-refractivity contribution in [2.24, 2.45) is 11.7 Å². The average Bonchev–Trinajstić information content (AvgIpc) is 2.26. The Morgan fingerprint density at radius 3 is 2.56 bits per heavy atom. The van der Waals surface area contributed by atoms with Gasteiger partial charge in [0.2, 0.25) is 0 Å². The van der Waals surface area contributed by atoms with Crippen LogP contribution in [0.2, 0.25) is 0 Å². The fourth-order valence-electron chi connectivity index (χ4n) is 1.32. The van der Waals surface area contributed by atoms with E-state index in [-0.39, 0.29) is 17.5 Å². The van der Waals surface area contributed by atoms with Crippen LogP contribution in [0.4, 0.5) is 0 Å². The standard InChI is InChI=1S/C13H18N2O/c1-10(2)8-12(14)13(16)15-9-11-6-4-3-5-7-11/h3-8,10H,9,14H2,1-2H3,(H,15,16)/b12-8-. The van der Waals surface area contributed by atoms with Crippen molar-refractivity contribution in [3.05, 3.63) is 47.7 Å². The molecule has 1 rings (SSSR count). The number of carbonyl (C=O) groups excluding carboxylic acids is 1. The van der Waals surface area contributed by atoms with E-state index in [1.165, 1.54) is 0 Å². The second-order valence-corrected chi connectivity index (χ2v) is 4.03. The van der Waals surface area contributed by atoms with Crippen LogP contribution in [0.3, 0.4) is 0 Å². The number of hydrogen-bond acceptors (Lipinski definition) is 2. The van der Waals surface area contributed by atoms with Gasteiger partial charge in [-0.2, -0.15) is 0 Å². The molecule has 0 atom stereocenters. The second kappa shape index (κ2) is 5.95. The third kappa shape index (κ3) is 4.17. The van der Waals surface area contributed by atoms with E-state index in [0.29, 0.717) is 6.54 Å². The van der Waals surface area contributed by atoms with Crippen molar-refractivity contribution in [3.63, 3.8) is 0 Å². The topological polar surface area (TPSA) is 55.1 Å². The number of benzene rings is 1. The van der Waals surface area contributed by atoms with Crippen LogP contribution in [-0.4, -0.2) is 5.91 Å². The Labute approximate surface area is 96.3 Å². The van der Waals surface area contributed by atoms with Gasteiger partial charge in [0.05, 0.1) is 5.70 Å². The molecule has 0 aliphatic heterocycles. The van der Waals surface area contributed by atoms with Gasteiger partial charge in [-0.15, -0.1) is 0 Å². The molecule has 0 radical (unpaired) electrons. The Hall–Kier alpha value is -1.77. The normalized spacial score (nSPS) is 11.6. The van der Waals surface area contributed by atoms with E-state index < -0.39 is 0 Å². The Morgan fingerprint density at radius 2 is 2.00 bits per heavy atom.